The Hall–Kier alpha value is 0.0500. The van der Waals surface area contributed by atoms with Crippen molar-refractivity contribution in [1.29, 1.82) is 0 Å². The second-order valence-corrected chi connectivity index (χ2v) is 8.18. The number of hydrogen-bond acceptors (Lipinski definition) is 3. The number of nitrogen functional groups attached to an aromatic ring is 1. The third-order valence-electron chi connectivity index (χ3n) is 1.97. The first-order chi connectivity index (χ1) is 7.55. The molecule has 7 nitrogen and oxygen atoms in total. The van der Waals surface area contributed by atoms with E-state index in [9.17, 15) is 9.13 Å². The van der Waals surface area contributed by atoms with E-state index in [0.29, 0.717) is 0 Å². The fraction of sp³-hybridized carbons (Fsp3) is 0.143. The summed E-state index contributed by atoms with van der Waals surface area (Å²) in [5.74, 6) is 0. The van der Waals surface area contributed by atoms with Crippen LogP contribution in [-0.4, -0.2) is 19.6 Å². The molecule has 1 rings (SSSR count). The molecule has 1 aromatic carbocycles. The molecule has 0 aliphatic rings. The van der Waals surface area contributed by atoms with Gasteiger partial charge in [0.2, 0.25) is 0 Å². The molecule has 0 unspecified atom stereocenters. The number of benzene rings is 1. The van der Waals surface area contributed by atoms with Crippen molar-refractivity contribution >= 4 is 43.5 Å². The van der Waals surface area contributed by atoms with Crippen molar-refractivity contribution in [3.63, 3.8) is 0 Å². The average Bonchev–Trinajstić information content (AvgIpc) is 2.08. The lowest BCUT2D eigenvalue weighted by atomic mass is 10.2. The van der Waals surface area contributed by atoms with Gasteiger partial charge in [0, 0.05) is 9.26 Å². The van der Waals surface area contributed by atoms with E-state index < -0.39 is 20.6 Å². The van der Waals surface area contributed by atoms with E-state index in [0.717, 1.165) is 0 Å². The van der Waals surface area contributed by atoms with Crippen LogP contribution >= 0.6 is 37.8 Å². The number of halogens is 1. The summed E-state index contributed by atoms with van der Waals surface area (Å²) in [7, 11) is -9.98. The van der Waals surface area contributed by atoms with Gasteiger partial charge in [0.15, 0.2) is 5.40 Å². The molecule has 0 aliphatic carbocycles. The van der Waals surface area contributed by atoms with Crippen LogP contribution in [0.2, 0.25) is 0 Å². The minimum absolute atomic E-state index is 0.146. The van der Waals surface area contributed by atoms with Crippen LogP contribution in [0.1, 0.15) is 11.0 Å². The highest BCUT2D eigenvalue weighted by molar-refractivity contribution is 14.1. The Kier molecular flexibility index (Phi) is 4.42. The van der Waals surface area contributed by atoms with Gasteiger partial charge < -0.3 is 25.3 Å². The van der Waals surface area contributed by atoms with E-state index in [1.807, 2.05) is 0 Å². The van der Waals surface area contributed by atoms with Crippen LogP contribution in [0.25, 0.3) is 0 Å². The van der Waals surface area contributed by atoms with Gasteiger partial charge in [-0.05, 0) is 34.2 Å². The highest BCUT2D eigenvalue weighted by atomic mass is 127. The summed E-state index contributed by atoms with van der Waals surface area (Å²) in [6.07, 6.45) is 0. The van der Waals surface area contributed by atoms with E-state index >= 15 is 0 Å². The topological polar surface area (TPSA) is 141 Å². The van der Waals surface area contributed by atoms with Gasteiger partial charge in [-0.3, -0.25) is 9.13 Å². The molecule has 6 N–H and O–H groups in total. The van der Waals surface area contributed by atoms with Crippen molar-refractivity contribution in [1.82, 2.24) is 0 Å². The normalized spacial score (nSPS) is 13.1. The zero-order valence-electron chi connectivity index (χ0n) is 8.26. The Bertz CT molecular complexity index is 501. The lowest BCUT2D eigenvalue weighted by Crippen LogP contribution is -2.05. The Balaban J connectivity index is 3.50. The molecule has 0 saturated carbocycles. The second-order valence-electron chi connectivity index (χ2n) is 3.30. The van der Waals surface area contributed by atoms with E-state index in [1.165, 1.54) is 18.2 Å². The predicted molar refractivity (Wildman–Crippen MR) is 70.4 cm³/mol. The first-order valence-corrected chi connectivity index (χ1v) is 8.63. The first kappa shape index (κ1) is 15.1. The van der Waals surface area contributed by atoms with Crippen molar-refractivity contribution in [2.45, 2.75) is 5.40 Å². The molecule has 0 heterocycles. The largest absolute Gasteiger partial charge is 0.398 e. The smallest absolute Gasteiger partial charge is 0.345 e. The molecule has 17 heavy (non-hydrogen) atoms. The van der Waals surface area contributed by atoms with Crippen molar-refractivity contribution in [3.8, 4) is 0 Å². The minimum Gasteiger partial charge on any atom is -0.398 e. The van der Waals surface area contributed by atoms with Crippen molar-refractivity contribution < 1.29 is 28.7 Å². The highest BCUT2D eigenvalue weighted by Gasteiger charge is 2.45. The molecule has 0 saturated heterocycles. The maximum atomic E-state index is 11.2. The Morgan fingerprint density at radius 2 is 1.59 bits per heavy atom. The van der Waals surface area contributed by atoms with Crippen molar-refractivity contribution in [2.24, 2.45) is 0 Å². The third kappa shape index (κ3) is 3.51. The summed E-state index contributed by atoms with van der Waals surface area (Å²) in [5.41, 5.74) is 5.59. The fourth-order valence-corrected chi connectivity index (χ4v) is 5.21. The molecule has 0 spiro atoms. The zero-order valence-corrected chi connectivity index (χ0v) is 12.2. The van der Waals surface area contributed by atoms with Gasteiger partial charge >= 0.3 is 15.2 Å². The molecule has 0 fully saturated rings. The molecule has 0 aromatic heterocycles. The summed E-state index contributed by atoms with van der Waals surface area (Å²) >= 11 is 1.69. The van der Waals surface area contributed by atoms with Gasteiger partial charge in [0.25, 0.3) is 0 Å². The Labute approximate surface area is 111 Å². The molecule has 0 radical (unpaired) electrons. The maximum absolute atomic E-state index is 11.2. The van der Waals surface area contributed by atoms with Crippen LogP contribution in [0.15, 0.2) is 18.2 Å². The van der Waals surface area contributed by atoms with Gasteiger partial charge in [-0.15, -0.1) is 0 Å². The molecular formula is C7H10INO6P2. The lowest BCUT2D eigenvalue weighted by molar-refractivity contribution is 0.340. The highest BCUT2D eigenvalue weighted by Crippen LogP contribution is 2.70. The molecule has 0 atom stereocenters. The molecule has 10 heteroatoms. The van der Waals surface area contributed by atoms with Crippen LogP contribution < -0.4 is 5.73 Å². The van der Waals surface area contributed by atoms with Crippen LogP contribution in [0, 0.1) is 3.57 Å². The van der Waals surface area contributed by atoms with E-state index in [-0.39, 0.29) is 14.8 Å². The van der Waals surface area contributed by atoms with Crippen LogP contribution in [0.4, 0.5) is 5.69 Å². The number of hydrogen-bond donors (Lipinski definition) is 5. The summed E-state index contributed by atoms with van der Waals surface area (Å²) < 4.78 is 22.6. The molecule has 96 valence electrons. The summed E-state index contributed by atoms with van der Waals surface area (Å²) in [5, 5.41) is -2.18. The molecular weight excluding hydrogens is 383 g/mol. The standard InChI is InChI=1S/C7H10INO6P2/c8-6-4(2-1-3-5(6)9)7(16(10,11)12)17(13,14)15/h1-3,7H,9H2,(H2,10,11,12)(H2,13,14,15). The lowest BCUT2D eigenvalue weighted by Gasteiger charge is -2.21. The monoisotopic (exact) mass is 393 g/mol. The van der Waals surface area contributed by atoms with Gasteiger partial charge in [-0.2, -0.15) is 0 Å². The zero-order chi connectivity index (χ0) is 13.4. The Morgan fingerprint density at radius 3 is 2.00 bits per heavy atom. The van der Waals surface area contributed by atoms with Gasteiger partial charge in [-0.1, -0.05) is 12.1 Å². The SMILES string of the molecule is Nc1cccc(C(P(=O)(O)O)P(=O)(O)O)c1I. The molecule has 0 aliphatic heterocycles. The molecule has 1 aromatic rings. The van der Waals surface area contributed by atoms with Crippen LogP contribution in [0.5, 0.6) is 0 Å². The van der Waals surface area contributed by atoms with E-state index in [4.69, 9.17) is 25.3 Å². The Morgan fingerprint density at radius 1 is 1.12 bits per heavy atom. The van der Waals surface area contributed by atoms with Crippen molar-refractivity contribution in [2.75, 3.05) is 5.73 Å². The molecule has 0 bridgehead atoms. The quantitative estimate of drug-likeness (QED) is 0.296. The second kappa shape index (κ2) is 4.97. The van der Waals surface area contributed by atoms with Crippen LogP contribution in [0.3, 0.4) is 0 Å². The first-order valence-electron chi connectivity index (χ1n) is 4.19. The predicted octanol–water partition coefficient (Wildman–Crippen LogP) is 1.23. The summed E-state index contributed by atoms with van der Waals surface area (Å²) in [6.45, 7) is 0. The summed E-state index contributed by atoms with van der Waals surface area (Å²) in [6, 6.07) is 4.09. The summed E-state index contributed by atoms with van der Waals surface area (Å²) in [4.78, 5) is 36.2. The number of anilines is 1. The third-order valence-corrected chi connectivity index (χ3v) is 6.86. The maximum Gasteiger partial charge on any atom is 0.345 e. The van der Waals surface area contributed by atoms with E-state index in [1.54, 1.807) is 22.6 Å². The van der Waals surface area contributed by atoms with E-state index in [2.05, 4.69) is 0 Å². The van der Waals surface area contributed by atoms with Crippen molar-refractivity contribution in [3.05, 3.63) is 27.3 Å². The minimum atomic E-state index is -4.99. The van der Waals surface area contributed by atoms with Gasteiger partial charge in [0.05, 0.1) is 0 Å². The number of rotatable bonds is 3. The number of nitrogens with two attached hydrogens (primary N) is 1. The van der Waals surface area contributed by atoms with Crippen LogP contribution in [-0.2, 0) is 9.13 Å². The average molecular weight is 393 g/mol. The molecule has 0 amide bonds. The van der Waals surface area contributed by atoms with Gasteiger partial charge in [0.1, 0.15) is 0 Å². The van der Waals surface area contributed by atoms with Gasteiger partial charge in [-0.25, -0.2) is 0 Å². The fourth-order valence-electron chi connectivity index (χ4n) is 1.33.